The zero-order chi connectivity index (χ0) is 33.2. The molecular formula is C37H50ClN3O5S. The van der Waals surface area contributed by atoms with Gasteiger partial charge in [-0.1, -0.05) is 36.7 Å². The Labute approximate surface area is 285 Å². The molecule has 1 aliphatic carbocycles. The lowest BCUT2D eigenvalue weighted by atomic mass is 9.55. The number of hydrogen-bond donors (Lipinski definition) is 1. The Hall–Kier alpha value is -2.59. The van der Waals surface area contributed by atoms with E-state index in [9.17, 15) is 13.2 Å². The fraction of sp³-hybridized carbons (Fsp3) is 0.595. The van der Waals surface area contributed by atoms with Gasteiger partial charge in [0.1, 0.15) is 12.4 Å². The normalized spacial score (nSPS) is 29.3. The Kier molecular flexibility index (Phi) is 10.6. The second-order valence-corrected chi connectivity index (χ2v) is 16.8. The van der Waals surface area contributed by atoms with Crippen molar-refractivity contribution in [3.8, 4) is 5.75 Å². The molecule has 2 bridgehead atoms. The fourth-order valence-electron chi connectivity index (χ4n) is 8.12. The van der Waals surface area contributed by atoms with Crippen LogP contribution in [0.4, 0.5) is 5.69 Å². The Morgan fingerprint density at radius 3 is 2.60 bits per heavy atom. The maximum Gasteiger partial charge on any atom is 0.264 e. The molecular weight excluding hydrogens is 634 g/mol. The molecule has 8 nitrogen and oxygen atoms in total. The third-order valence-corrected chi connectivity index (χ3v) is 13.2. The Morgan fingerprint density at radius 2 is 1.83 bits per heavy atom. The van der Waals surface area contributed by atoms with Crippen LogP contribution in [0.1, 0.15) is 80.3 Å². The number of fused-ring (bicyclic) bond motifs is 3. The molecule has 4 atom stereocenters. The van der Waals surface area contributed by atoms with E-state index in [2.05, 4.69) is 28.0 Å². The second kappa shape index (κ2) is 14.5. The van der Waals surface area contributed by atoms with Crippen LogP contribution in [0.15, 0.2) is 48.6 Å². The number of aryl methyl sites for hydroxylation is 1. The highest BCUT2D eigenvalue weighted by atomic mass is 35.5. The van der Waals surface area contributed by atoms with Gasteiger partial charge >= 0.3 is 0 Å². The molecule has 2 fully saturated rings. The summed E-state index contributed by atoms with van der Waals surface area (Å²) in [7, 11) is -3.97. The number of nitrogens with zero attached hydrogens (tertiary/aromatic N) is 2. The number of rotatable bonds is 2. The van der Waals surface area contributed by atoms with Crippen molar-refractivity contribution in [3.05, 3.63) is 70.3 Å². The number of carbonyl (C=O) groups is 1. The lowest BCUT2D eigenvalue weighted by Crippen LogP contribution is -2.52. The minimum atomic E-state index is -3.97. The van der Waals surface area contributed by atoms with E-state index in [4.69, 9.17) is 21.1 Å². The summed E-state index contributed by atoms with van der Waals surface area (Å²) < 4.78 is 41.3. The molecule has 4 aliphatic rings. The van der Waals surface area contributed by atoms with Gasteiger partial charge in [0.15, 0.2) is 0 Å². The van der Waals surface area contributed by atoms with Crippen LogP contribution < -0.4 is 14.4 Å². The number of morpholine rings is 1. The van der Waals surface area contributed by atoms with Gasteiger partial charge in [-0.2, -0.15) is 0 Å². The van der Waals surface area contributed by atoms with Crippen LogP contribution in [-0.4, -0.2) is 70.4 Å². The summed E-state index contributed by atoms with van der Waals surface area (Å²) in [5.74, 6) is 1.09. The summed E-state index contributed by atoms with van der Waals surface area (Å²) >= 11 is 6.38. The van der Waals surface area contributed by atoms with Crippen molar-refractivity contribution < 1.29 is 22.7 Å². The molecule has 1 saturated carbocycles. The molecule has 3 heterocycles. The summed E-state index contributed by atoms with van der Waals surface area (Å²) in [6.45, 7) is 14.8. The van der Waals surface area contributed by atoms with E-state index < -0.39 is 21.2 Å². The van der Waals surface area contributed by atoms with Crippen molar-refractivity contribution >= 4 is 33.2 Å². The van der Waals surface area contributed by atoms with Crippen LogP contribution in [0, 0.1) is 17.3 Å². The molecule has 1 saturated heterocycles. The predicted molar refractivity (Wildman–Crippen MR) is 188 cm³/mol. The van der Waals surface area contributed by atoms with Crippen LogP contribution in [-0.2, 0) is 27.8 Å². The fourth-order valence-corrected chi connectivity index (χ4v) is 9.43. The maximum absolute atomic E-state index is 13.5. The topological polar surface area (TPSA) is 88.2 Å². The van der Waals surface area contributed by atoms with E-state index in [0.717, 1.165) is 101 Å². The van der Waals surface area contributed by atoms with Gasteiger partial charge in [-0.15, -0.1) is 0 Å². The number of carbonyl (C=O) groups excluding carboxylic acids is 1. The number of halogens is 1. The summed E-state index contributed by atoms with van der Waals surface area (Å²) in [5, 5.41) is -0.150. The van der Waals surface area contributed by atoms with E-state index in [1.807, 2.05) is 30.3 Å². The van der Waals surface area contributed by atoms with Gasteiger partial charge in [-0.3, -0.25) is 9.69 Å². The molecule has 0 aromatic heterocycles. The van der Waals surface area contributed by atoms with Crippen molar-refractivity contribution in [2.75, 3.05) is 50.8 Å². The highest BCUT2D eigenvalue weighted by Gasteiger charge is 2.48. The summed E-state index contributed by atoms with van der Waals surface area (Å²) in [6.07, 6.45) is 7.73. The lowest BCUT2D eigenvalue weighted by Gasteiger charge is -2.54. The molecule has 1 amide bonds. The molecule has 6 rings (SSSR count). The molecule has 10 heteroatoms. The van der Waals surface area contributed by atoms with Gasteiger partial charge in [0.2, 0.25) is 10.0 Å². The summed E-state index contributed by atoms with van der Waals surface area (Å²) in [4.78, 5) is 18.5. The first-order valence-corrected chi connectivity index (χ1v) is 19.3. The zero-order valence-corrected chi connectivity index (χ0v) is 29.5. The summed E-state index contributed by atoms with van der Waals surface area (Å²) in [6, 6.07) is 11.3. The zero-order valence-electron chi connectivity index (χ0n) is 27.9. The molecule has 1 N–H and O–H groups in total. The molecule has 2 unspecified atom stereocenters. The van der Waals surface area contributed by atoms with Crippen LogP contribution in [0.5, 0.6) is 5.75 Å². The molecule has 2 aromatic carbocycles. The largest absolute Gasteiger partial charge is 0.487 e. The summed E-state index contributed by atoms with van der Waals surface area (Å²) in [5.41, 5.74) is 4.17. The molecule has 0 radical (unpaired) electrons. The SMILES string of the molecule is C=C1CCC[C@@H](CN2CCOCC2)[C@@H]2CCC2(C)CN2CCCCc3cc(Cl)ccc3COc3ccc(cc32)C(=O)NS(=O)(=O)C1C. The van der Waals surface area contributed by atoms with Crippen LogP contribution in [0.25, 0.3) is 0 Å². The molecule has 2 aromatic rings. The van der Waals surface area contributed by atoms with Crippen LogP contribution >= 0.6 is 11.6 Å². The Bertz CT molecular complexity index is 1580. The highest BCUT2D eigenvalue weighted by Crippen LogP contribution is 2.53. The quantitative estimate of drug-likeness (QED) is 0.356. The van der Waals surface area contributed by atoms with E-state index in [0.29, 0.717) is 41.7 Å². The van der Waals surface area contributed by atoms with E-state index in [1.165, 1.54) is 12.0 Å². The average molecular weight is 684 g/mol. The monoisotopic (exact) mass is 683 g/mol. The molecule has 256 valence electrons. The van der Waals surface area contributed by atoms with Crippen molar-refractivity contribution in [1.82, 2.24) is 9.62 Å². The lowest BCUT2D eigenvalue weighted by molar-refractivity contribution is -0.0267. The van der Waals surface area contributed by atoms with Gasteiger partial charge in [-0.05, 0) is 117 Å². The average Bonchev–Trinajstić information content (AvgIpc) is 3.07. The minimum Gasteiger partial charge on any atom is -0.487 e. The third kappa shape index (κ3) is 7.85. The van der Waals surface area contributed by atoms with Crippen molar-refractivity contribution in [3.63, 3.8) is 0 Å². The number of nitrogens with one attached hydrogen (secondary N) is 1. The first-order valence-electron chi connectivity index (χ1n) is 17.4. The van der Waals surface area contributed by atoms with E-state index in [-0.39, 0.29) is 5.41 Å². The van der Waals surface area contributed by atoms with Crippen molar-refractivity contribution in [2.45, 2.75) is 77.1 Å². The molecule has 0 spiro atoms. The van der Waals surface area contributed by atoms with Crippen LogP contribution in [0.2, 0.25) is 5.02 Å². The third-order valence-electron chi connectivity index (χ3n) is 11.2. The van der Waals surface area contributed by atoms with Gasteiger partial charge in [-0.25, -0.2) is 13.1 Å². The van der Waals surface area contributed by atoms with Gasteiger partial charge in [0.05, 0.1) is 24.2 Å². The van der Waals surface area contributed by atoms with E-state index >= 15 is 0 Å². The highest BCUT2D eigenvalue weighted by molar-refractivity contribution is 7.90. The number of sulfonamides is 1. The Balaban J connectivity index is 1.38. The van der Waals surface area contributed by atoms with E-state index in [1.54, 1.807) is 13.0 Å². The van der Waals surface area contributed by atoms with Gasteiger partial charge < -0.3 is 14.4 Å². The number of hydrogen-bond acceptors (Lipinski definition) is 7. The number of benzene rings is 2. The minimum absolute atomic E-state index is 0.0911. The van der Waals surface area contributed by atoms with Crippen molar-refractivity contribution in [1.29, 1.82) is 0 Å². The molecule has 47 heavy (non-hydrogen) atoms. The second-order valence-electron chi connectivity index (χ2n) is 14.4. The standard InChI is InChI=1S/C37H50ClN3O5S/c1-26-7-6-9-30(23-40-17-19-45-20-18-40)33-14-15-37(33,3)25-41-16-5-4-8-28-21-32(38)12-10-31(28)24-46-35-13-11-29(22-34(35)41)36(42)39-47(43,44)27(26)2/h10-13,21-22,27,30,33H,1,4-9,14-20,23-25H2,2-3H3,(H,39,42)/t27?,30-,33-,37?/m0/s1. The number of amides is 1. The molecule has 3 aliphatic heterocycles. The predicted octanol–water partition coefficient (Wildman–Crippen LogP) is 6.61. The maximum atomic E-state index is 13.5. The number of anilines is 1. The smallest absolute Gasteiger partial charge is 0.264 e. The Morgan fingerprint density at radius 1 is 1.02 bits per heavy atom. The van der Waals surface area contributed by atoms with Crippen LogP contribution in [0.3, 0.4) is 0 Å². The first-order chi connectivity index (χ1) is 22.5. The first kappa shape index (κ1) is 34.3. The van der Waals surface area contributed by atoms with Crippen molar-refractivity contribution in [2.24, 2.45) is 17.3 Å². The van der Waals surface area contributed by atoms with Gasteiger partial charge in [0, 0.05) is 43.3 Å². The van der Waals surface area contributed by atoms with Gasteiger partial charge in [0.25, 0.3) is 5.91 Å². The number of ether oxygens (including phenoxy) is 2.